The van der Waals surface area contributed by atoms with Crippen LogP contribution in [-0.2, 0) is 0 Å². The molecule has 0 amide bonds. The summed E-state index contributed by atoms with van der Waals surface area (Å²) in [6.07, 6.45) is 12.9. The molecule has 24 heavy (non-hydrogen) atoms. The van der Waals surface area contributed by atoms with E-state index in [9.17, 15) is 13.2 Å². The van der Waals surface area contributed by atoms with E-state index < -0.39 is 12.6 Å². The SMILES string of the molecule is CCCCCCCC1CCC(C2CCC(CC(F)(F)F)CC2)CC1. The summed E-state index contributed by atoms with van der Waals surface area (Å²) in [5.41, 5.74) is 0. The van der Waals surface area contributed by atoms with Gasteiger partial charge in [-0.15, -0.1) is 0 Å². The average Bonchev–Trinajstić information content (AvgIpc) is 2.55. The van der Waals surface area contributed by atoms with Gasteiger partial charge in [0.2, 0.25) is 0 Å². The minimum absolute atomic E-state index is 0.0966. The lowest BCUT2D eigenvalue weighted by molar-refractivity contribution is -0.147. The first kappa shape index (κ1) is 20.1. The maximum Gasteiger partial charge on any atom is 0.389 e. The molecule has 0 spiro atoms. The van der Waals surface area contributed by atoms with Crippen LogP contribution in [0.2, 0.25) is 0 Å². The highest BCUT2D eigenvalue weighted by molar-refractivity contribution is 4.82. The predicted molar refractivity (Wildman–Crippen MR) is 94.9 cm³/mol. The van der Waals surface area contributed by atoms with Crippen LogP contribution in [0, 0.1) is 23.7 Å². The van der Waals surface area contributed by atoms with Crippen LogP contribution in [0.15, 0.2) is 0 Å². The zero-order valence-electron chi connectivity index (χ0n) is 15.5. The maximum atomic E-state index is 12.5. The van der Waals surface area contributed by atoms with Gasteiger partial charge in [-0.1, -0.05) is 58.3 Å². The highest BCUT2D eigenvalue weighted by Crippen LogP contribution is 2.44. The highest BCUT2D eigenvalue weighted by Gasteiger charge is 2.36. The quantitative estimate of drug-likeness (QED) is 0.392. The molecule has 0 bridgehead atoms. The van der Waals surface area contributed by atoms with Crippen molar-refractivity contribution in [2.75, 3.05) is 0 Å². The fraction of sp³-hybridized carbons (Fsp3) is 1.00. The van der Waals surface area contributed by atoms with Gasteiger partial charge in [0.25, 0.3) is 0 Å². The van der Waals surface area contributed by atoms with Crippen LogP contribution in [0.1, 0.15) is 103 Å². The Hall–Kier alpha value is -0.210. The minimum atomic E-state index is -3.97. The van der Waals surface area contributed by atoms with Gasteiger partial charge in [-0.25, -0.2) is 0 Å². The fourth-order valence-corrected chi connectivity index (χ4v) is 5.18. The lowest BCUT2D eigenvalue weighted by Gasteiger charge is -2.38. The van der Waals surface area contributed by atoms with E-state index in [0.717, 1.165) is 43.4 Å². The molecule has 0 saturated heterocycles. The molecule has 142 valence electrons. The van der Waals surface area contributed by atoms with Gasteiger partial charge in [-0.05, 0) is 62.2 Å². The van der Waals surface area contributed by atoms with Crippen LogP contribution < -0.4 is 0 Å². The molecule has 0 aromatic rings. The number of hydrogen-bond acceptors (Lipinski definition) is 0. The third-order valence-corrected chi connectivity index (χ3v) is 6.69. The van der Waals surface area contributed by atoms with Crippen LogP contribution in [0.25, 0.3) is 0 Å². The predicted octanol–water partition coefficient (Wildman–Crippen LogP) is 7.91. The Balaban J connectivity index is 1.58. The van der Waals surface area contributed by atoms with Crippen LogP contribution >= 0.6 is 0 Å². The lowest BCUT2D eigenvalue weighted by atomic mass is 9.68. The van der Waals surface area contributed by atoms with Gasteiger partial charge in [0.15, 0.2) is 0 Å². The molecule has 2 aliphatic rings. The molecule has 0 unspecified atom stereocenters. The molecule has 2 fully saturated rings. The Morgan fingerprint density at radius 2 is 1.17 bits per heavy atom. The van der Waals surface area contributed by atoms with Crippen molar-refractivity contribution < 1.29 is 13.2 Å². The van der Waals surface area contributed by atoms with Crippen molar-refractivity contribution in [3.05, 3.63) is 0 Å². The fourth-order valence-electron chi connectivity index (χ4n) is 5.18. The molecule has 0 radical (unpaired) electrons. The van der Waals surface area contributed by atoms with Crippen molar-refractivity contribution >= 4 is 0 Å². The van der Waals surface area contributed by atoms with E-state index in [1.807, 2.05) is 0 Å². The van der Waals surface area contributed by atoms with Crippen molar-refractivity contribution in [2.45, 2.75) is 109 Å². The molecule has 0 aromatic heterocycles. The van der Waals surface area contributed by atoms with Crippen LogP contribution in [0.5, 0.6) is 0 Å². The zero-order valence-corrected chi connectivity index (χ0v) is 15.5. The topological polar surface area (TPSA) is 0 Å². The van der Waals surface area contributed by atoms with Crippen LogP contribution in [-0.4, -0.2) is 6.18 Å². The molecule has 3 heteroatoms. The number of halogens is 3. The van der Waals surface area contributed by atoms with Gasteiger partial charge < -0.3 is 0 Å². The van der Waals surface area contributed by atoms with E-state index in [4.69, 9.17) is 0 Å². The summed E-state index contributed by atoms with van der Waals surface area (Å²) >= 11 is 0. The van der Waals surface area contributed by atoms with Gasteiger partial charge in [0.05, 0.1) is 0 Å². The first-order chi connectivity index (χ1) is 11.5. The van der Waals surface area contributed by atoms with E-state index in [0.29, 0.717) is 0 Å². The molecule has 0 N–H and O–H groups in total. The first-order valence-corrected chi connectivity index (χ1v) is 10.5. The molecule has 0 nitrogen and oxygen atoms in total. The zero-order chi connectivity index (χ0) is 17.4. The second-order valence-corrected chi connectivity index (χ2v) is 8.58. The average molecular weight is 347 g/mol. The Bertz CT molecular complexity index is 320. The summed E-state index contributed by atoms with van der Waals surface area (Å²) in [4.78, 5) is 0. The van der Waals surface area contributed by atoms with Gasteiger partial charge >= 0.3 is 6.18 Å². The van der Waals surface area contributed by atoms with E-state index >= 15 is 0 Å². The summed E-state index contributed by atoms with van der Waals surface area (Å²) in [5, 5.41) is 0. The second-order valence-electron chi connectivity index (χ2n) is 8.58. The van der Waals surface area contributed by atoms with Crippen LogP contribution in [0.3, 0.4) is 0 Å². The van der Waals surface area contributed by atoms with Gasteiger partial charge in [-0.3, -0.25) is 0 Å². The molecule has 2 saturated carbocycles. The molecule has 0 aromatic carbocycles. The van der Waals surface area contributed by atoms with Gasteiger partial charge in [-0.2, -0.15) is 13.2 Å². The maximum absolute atomic E-state index is 12.5. The number of hydrogen-bond donors (Lipinski definition) is 0. The Morgan fingerprint density at radius 3 is 1.67 bits per heavy atom. The summed E-state index contributed by atoms with van der Waals surface area (Å²) in [6, 6.07) is 0. The molecule has 2 aliphatic carbocycles. The van der Waals surface area contributed by atoms with E-state index in [1.54, 1.807) is 0 Å². The van der Waals surface area contributed by atoms with Gasteiger partial charge in [0, 0.05) is 6.42 Å². The number of rotatable bonds is 8. The third-order valence-electron chi connectivity index (χ3n) is 6.69. The molecule has 0 aliphatic heterocycles. The standard InChI is InChI=1S/C21H37F3/c1-2-3-4-5-6-7-17-8-12-19(13-9-17)20-14-10-18(11-15-20)16-21(22,23)24/h17-20H,2-16H2,1H3. The molecular weight excluding hydrogens is 309 g/mol. The number of alkyl halides is 3. The Kier molecular flexibility index (Phi) is 8.43. The van der Waals surface area contributed by atoms with Crippen molar-refractivity contribution in [3.8, 4) is 0 Å². The molecule has 0 heterocycles. The van der Waals surface area contributed by atoms with Crippen molar-refractivity contribution in [2.24, 2.45) is 23.7 Å². The van der Waals surface area contributed by atoms with Crippen molar-refractivity contribution in [3.63, 3.8) is 0 Å². The monoisotopic (exact) mass is 346 g/mol. The Morgan fingerprint density at radius 1 is 0.667 bits per heavy atom. The smallest absolute Gasteiger partial charge is 0.171 e. The molecule has 0 atom stereocenters. The lowest BCUT2D eigenvalue weighted by Crippen LogP contribution is -2.27. The minimum Gasteiger partial charge on any atom is -0.171 e. The van der Waals surface area contributed by atoms with Gasteiger partial charge in [0.1, 0.15) is 0 Å². The summed E-state index contributed by atoms with van der Waals surface area (Å²) < 4.78 is 37.5. The molecular formula is C21H37F3. The largest absolute Gasteiger partial charge is 0.389 e. The second kappa shape index (κ2) is 10.1. The van der Waals surface area contributed by atoms with Crippen molar-refractivity contribution in [1.82, 2.24) is 0 Å². The first-order valence-electron chi connectivity index (χ1n) is 10.5. The summed E-state index contributed by atoms with van der Waals surface area (Å²) in [6.45, 7) is 2.26. The van der Waals surface area contributed by atoms with Crippen molar-refractivity contribution in [1.29, 1.82) is 0 Å². The highest BCUT2D eigenvalue weighted by atomic mass is 19.4. The van der Waals surface area contributed by atoms with E-state index in [-0.39, 0.29) is 5.92 Å². The Labute approximate surface area is 147 Å². The molecule has 2 rings (SSSR count). The van der Waals surface area contributed by atoms with E-state index in [2.05, 4.69) is 6.92 Å². The normalized spacial score (nSPS) is 32.0. The summed E-state index contributed by atoms with van der Waals surface area (Å²) in [7, 11) is 0. The summed E-state index contributed by atoms with van der Waals surface area (Å²) in [5.74, 6) is 2.37. The third kappa shape index (κ3) is 7.35. The van der Waals surface area contributed by atoms with E-state index in [1.165, 1.54) is 64.2 Å². The number of unbranched alkanes of at least 4 members (excludes halogenated alkanes) is 4. The van der Waals surface area contributed by atoms with Crippen LogP contribution in [0.4, 0.5) is 13.2 Å².